The van der Waals surface area contributed by atoms with E-state index in [0.29, 0.717) is 23.9 Å². The fourth-order valence-corrected chi connectivity index (χ4v) is 2.33. The van der Waals surface area contributed by atoms with Crippen LogP contribution in [0.2, 0.25) is 0 Å². The summed E-state index contributed by atoms with van der Waals surface area (Å²) in [5.74, 6) is 1.42. The first-order valence-corrected chi connectivity index (χ1v) is 6.66. The molecular weight excluding hydrogens is 210 g/mol. The second-order valence-corrected chi connectivity index (χ2v) is 5.17. The number of nitrogens with one attached hydrogen (secondary N) is 1. The summed E-state index contributed by atoms with van der Waals surface area (Å²) < 4.78 is 5.58. The maximum Gasteiger partial charge on any atom is 0.0588 e. The zero-order chi connectivity index (χ0) is 11.1. The number of ether oxygens (including phenoxy) is 1. The molecule has 2 nitrogen and oxygen atoms in total. The Morgan fingerprint density at radius 2 is 2.27 bits per heavy atom. The van der Waals surface area contributed by atoms with E-state index in [9.17, 15) is 0 Å². The largest absolute Gasteiger partial charge is 0.378 e. The highest BCUT2D eigenvalue weighted by molar-refractivity contribution is 6.18. The van der Waals surface area contributed by atoms with Crippen molar-refractivity contribution in [1.82, 2.24) is 5.32 Å². The van der Waals surface area contributed by atoms with Gasteiger partial charge in [-0.3, -0.25) is 0 Å². The molecule has 1 rings (SSSR count). The number of rotatable bonds is 7. The molecule has 0 aromatic carbocycles. The van der Waals surface area contributed by atoms with Crippen LogP contribution >= 0.6 is 11.6 Å². The lowest BCUT2D eigenvalue weighted by Crippen LogP contribution is -2.34. The molecule has 2 unspecified atom stereocenters. The summed E-state index contributed by atoms with van der Waals surface area (Å²) in [7, 11) is 0. The van der Waals surface area contributed by atoms with Gasteiger partial charge in [-0.15, -0.1) is 11.6 Å². The molecule has 90 valence electrons. The van der Waals surface area contributed by atoms with Crippen LogP contribution in [0.25, 0.3) is 0 Å². The van der Waals surface area contributed by atoms with Gasteiger partial charge in [0.15, 0.2) is 0 Å². The first-order valence-electron chi connectivity index (χ1n) is 6.13. The van der Waals surface area contributed by atoms with Crippen molar-refractivity contribution in [2.24, 2.45) is 5.92 Å². The minimum absolute atomic E-state index is 0.466. The highest BCUT2D eigenvalue weighted by Crippen LogP contribution is 2.14. The molecule has 15 heavy (non-hydrogen) atoms. The van der Waals surface area contributed by atoms with Gasteiger partial charge >= 0.3 is 0 Å². The monoisotopic (exact) mass is 233 g/mol. The van der Waals surface area contributed by atoms with Crippen molar-refractivity contribution in [2.45, 2.75) is 51.7 Å². The maximum absolute atomic E-state index is 5.91. The van der Waals surface area contributed by atoms with E-state index in [1.54, 1.807) is 0 Å². The van der Waals surface area contributed by atoms with E-state index in [1.807, 2.05) is 0 Å². The van der Waals surface area contributed by atoms with E-state index in [1.165, 1.54) is 12.8 Å². The van der Waals surface area contributed by atoms with Gasteiger partial charge in [0.25, 0.3) is 0 Å². The van der Waals surface area contributed by atoms with Crippen LogP contribution in [0.4, 0.5) is 0 Å². The summed E-state index contributed by atoms with van der Waals surface area (Å²) in [6.45, 7) is 6.47. The number of alkyl halides is 1. The van der Waals surface area contributed by atoms with Gasteiger partial charge in [0, 0.05) is 18.5 Å². The van der Waals surface area contributed by atoms with E-state index in [-0.39, 0.29) is 0 Å². The average Bonchev–Trinajstić information content (AvgIpc) is 2.68. The molecule has 1 aliphatic rings. The van der Waals surface area contributed by atoms with Crippen molar-refractivity contribution in [3.8, 4) is 0 Å². The van der Waals surface area contributed by atoms with Gasteiger partial charge in [-0.2, -0.15) is 0 Å². The summed E-state index contributed by atoms with van der Waals surface area (Å²) in [5.41, 5.74) is 0. The third kappa shape index (κ3) is 5.74. The first kappa shape index (κ1) is 13.3. The van der Waals surface area contributed by atoms with E-state index in [2.05, 4.69) is 19.2 Å². The van der Waals surface area contributed by atoms with E-state index >= 15 is 0 Å². The third-order valence-corrected chi connectivity index (χ3v) is 3.24. The number of hydrogen-bond acceptors (Lipinski definition) is 2. The minimum atomic E-state index is 0.466. The van der Waals surface area contributed by atoms with Gasteiger partial charge in [-0.25, -0.2) is 0 Å². The Bertz CT molecular complexity index is 158. The topological polar surface area (TPSA) is 21.3 Å². The Hall–Kier alpha value is 0.210. The highest BCUT2D eigenvalue weighted by atomic mass is 35.5. The van der Waals surface area contributed by atoms with Crippen LogP contribution in [0, 0.1) is 5.92 Å². The molecule has 1 heterocycles. The fraction of sp³-hybridized carbons (Fsp3) is 1.00. The van der Waals surface area contributed by atoms with Crippen LogP contribution in [0.1, 0.15) is 39.5 Å². The Morgan fingerprint density at radius 1 is 1.47 bits per heavy atom. The standard InChI is InChI=1S/C12H24ClNO/c1-10(2)8-11(9-13)14-6-5-12-4-3-7-15-12/h10-12,14H,3-9H2,1-2H3. The van der Waals surface area contributed by atoms with Crippen molar-refractivity contribution in [1.29, 1.82) is 0 Å². The summed E-state index contributed by atoms with van der Waals surface area (Å²) in [5, 5.41) is 3.52. The summed E-state index contributed by atoms with van der Waals surface area (Å²) in [6.07, 6.45) is 5.25. The minimum Gasteiger partial charge on any atom is -0.378 e. The van der Waals surface area contributed by atoms with Crippen molar-refractivity contribution >= 4 is 11.6 Å². The van der Waals surface area contributed by atoms with Crippen LogP contribution in [0.5, 0.6) is 0 Å². The molecule has 0 radical (unpaired) electrons. The predicted octanol–water partition coefficient (Wildman–Crippen LogP) is 2.80. The molecule has 0 aromatic rings. The molecule has 0 amide bonds. The van der Waals surface area contributed by atoms with Gasteiger partial charge in [0.05, 0.1) is 6.10 Å². The molecule has 1 fully saturated rings. The van der Waals surface area contributed by atoms with Crippen molar-refractivity contribution < 1.29 is 4.74 Å². The Kier molecular flexibility index (Phi) is 6.62. The zero-order valence-corrected chi connectivity index (χ0v) is 10.7. The molecule has 0 saturated carbocycles. The maximum atomic E-state index is 5.91. The summed E-state index contributed by atoms with van der Waals surface area (Å²) in [6, 6.07) is 0.466. The number of hydrogen-bond donors (Lipinski definition) is 1. The van der Waals surface area contributed by atoms with Crippen molar-refractivity contribution in [3.63, 3.8) is 0 Å². The first-order chi connectivity index (χ1) is 7.22. The molecule has 1 saturated heterocycles. The van der Waals surface area contributed by atoms with Crippen LogP contribution in [-0.2, 0) is 4.74 Å². The third-order valence-electron chi connectivity index (χ3n) is 2.87. The Balaban J connectivity index is 2.05. The Morgan fingerprint density at radius 3 is 2.80 bits per heavy atom. The second kappa shape index (κ2) is 7.48. The smallest absolute Gasteiger partial charge is 0.0588 e. The van der Waals surface area contributed by atoms with Gasteiger partial charge in [0.1, 0.15) is 0 Å². The fourth-order valence-electron chi connectivity index (χ4n) is 2.09. The van der Waals surface area contributed by atoms with Crippen LogP contribution in [-0.4, -0.2) is 31.2 Å². The highest BCUT2D eigenvalue weighted by Gasteiger charge is 2.15. The molecule has 2 atom stereocenters. The molecule has 1 N–H and O–H groups in total. The molecule has 0 bridgehead atoms. The van der Waals surface area contributed by atoms with Gasteiger partial charge in [-0.05, 0) is 38.1 Å². The Labute approximate surface area is 98.7 Å². The number of halogens is 1. The van der Waals surface area contributed by atoms with Gasteiger partial charge in [-0.1, -0.05) is 13.8 Å². The van der Waals surface area contributed by atoms with Gasteiger partial charge < -0.3 is 10.1 Å². The molecule has 1 aliphatic heterocycles. The lowest BCUT2D eigenvalue weighted by molar-refractivity contribution is 0.103. The van der Waals surface area contributed by atoms with E-state index < -0.39 is 0 Å². The van der Waals surface area contributed by atoms with Crippen LogP contribution in [0.3, 0.4) is 0 Å². The molecular formula is C12H24ClNO. The second-order valence-electron chi connectivity index (χ2n) is 4.86. The lowest BCUT2D eigenvalue weighted by atomic mass is 10.0. The summed E-state index contributed by atoms with van der Waals surface area (Å²) in [4.78, 5) is 0. The lowest BCUT2D eigenvalue weighted by Gasteiger charge is -2.19. The molecule has 0 aromatic heterocycles. The van der Waals surface area contributed by atoms with Crippen LogP contribution < -0.4 is 5.32 Å². The predicted molar refractivity (Wildman–Crippen MR) is 65.6 cm³/mol. The summed E-state index contributed by atoms with van der Waals surface area (Å²) >= 11 is 5.91. The van der Waals surface area contributed by atoms with Crippen LogP contribution in [0.15, 0.2) is 0 Å². The van der Waals surface area contributed by atoms with E-state index in [0.717, 1.165) is 26.0 Å². The van der Waals surface area contributed by atoms with Crippen molar-refractivity contribution in [3.05, 3.63) is 0 Å². The normalized spacial score (nSPS) is 23.6. The molecule has 0 spiro atoms. The van der Waals surface area contributed by atoms with E-state index in [4.69, 9.17) is 16.3 Å². The molecule has 0 aliphatic carbocycles. The average molecular weight is 234 g/mol. The quantitative estimate of drug-likeness (QED) is 0.683. The zero-order valence-electron chi connectivity index (χ0n) is 9.97. The molecule has 3 heteroatoms. The SMILES string of the molecule is CC(C)CC(CCl)NCCC1CCCO1. The van der Waals surface area contributed by atoms with Crippen molar-refractivity contribution in [2.75, 3.05) is 19.0 Å². The van der Waals surface area contributed by atoms with Gasteiger partial charge in [0.2, 0.25) is 0 Å².